The normalized spacial score (nSPS) is 23.8. The number of hydrogen-bond donors (Lipinski definition) is 2. The topological polar surface area (TPSA) is 69.6 Å². The molecule has 1 aromatic carbocycles. The summed E-state index contributed by atoms with van der Waals surface area (Å²) in [6.45, 7) is 2.77. The van der Waals surface area contributed by atoms with E-state index in [1.165, 1.54) is 0 Å². The van der Waals surface area contributed by atoms with Crippen molar-refractivity contribution in [2.45, 2.75) is 39.0 Å². The van der Waals surface area contributed by atoms with Crippen LogP contribution < -0.4 is 5.32 Å². The van der Waals surface area contributed by atoms with Gasteiger partial charge in [-0.05, 0) is 62.3 Å². The van der Waals surface area contributed by atoms with Gasteiger partial charge in [-0.3, -0.25) is 14.8 Å². The van der Waals surface area contributed by atoms with Crippen LogP contribution in [0.3, 0.4) is 0 Å². The molecule has 1 aliphatic heterocycles. The number of nitrogens with one attached hydrogen (secondary N) is 1. The monoisotopic (exact) mass is 302 g/mol. The number of carbonyl (C=O) groups is 2. The van der Waals surface area contributed by atoms with E-state index in [1.807, 2.05) is 12.1 Å². The Hall–Kier alpha value is -1.88. The number of benzene rings is 1. The summed E-state index contributed by atoms with van der Waals surface area (Å²) in [6, 6.07) is 5.55. The van der Waals surface area contributed by atoms with E-state index in [0.717, 1.165) is 54.8 Å². The summed E-state index contributed by atoms with van der Waals surface area (Å²) in [5.74, 6) is -0.196. The smallest absolute Gasteiger partial charge is 0.277 e. The first kappa shape index (κ1) is 15.0. The van der Waals surface area contributed by atoms with Gasteiger partial charge in [0.15, 0.2) is 0 Å². The van der Waals surface area contributed by atoms with Crippen LogP contribution in [0.25, 0.3) is 0 Å². The van der Waals surface area contributed by atoms with Crippen molar-refractivity contribution in [1.82, 2.24) is 10.4 Å². The van der Waals surface area contributed by atoms with E-state index in [-0.39, 0.29) is 23.8 Å². The summed E-state index contributed by atoms with van der Waals surface area (Å²) in [5.41, 5.74) is 2.52. The number of rotatable bonds is 2. The largest absolute Gasteiger partial charge is 0.356 e. The quantitative estimate of drug-likeness (QED) is 0.648. The highest BCUT2D eigenvalue weighted by molar-refractivity contribution is 5.93. The van der Waals surface area contributed by atoms with Crippen molar-refractivity contribution in [2.75, 3.05) is 13.1 Å². The summed E-state index contributed by atoms with van der Waals surface area (Å²) >= 11 is 0. The Labute approximate surface area is 130 Å². The predicted octanol–water partition coefficient (Wildman–Crippen LogP) is 1.92. The van der Waals surface area contributed by atoms with E-state index >= 15 is 0 Å². The Morgan fingerprint density at radius 3 is 2.91 bits per heavy atom. The lowest BCUT2D eigenvalue weighted by molar-refractivity contribution is -0.134. The molecule has 22 heavy (non-hydrogen) atoms. The minimum atomic E-state index is -0.374. The Kier molecular flexibility index (Phi) is 3.91. The molecule has 0 radical (unpaired) electrons. The fourth-order valence-electron chi connectivity index (χ4n) is 3.62. The summed E-state index contributed by atoms with van der Waals surface area (Å²) in [4.78, 5) is 24.3. The maximum atomic E-state index is 12.3. The highest BCUT2D eigenvalue weighted by Gasteiger charge is 2.42. The molecule has 0 unspecified atom stereocenters. The third-order valence-corrected chi connectivity index (χ3v) is 4.99. The van der Waals surface area contributed by atoms with Crippen LogP contribution >= 0.6 is 0 Å². The average molecular weight is 302 g/mol. The molecule has 1 spiro atoms. The first-order valence-electron chi connectivity index (χ1n) is 7.96. The van der Waals surface area contributed by atoms with Gasteiger partial charge in [0.05, 0.1) is 5.41 Å². The SMILES string of the molecule is CCN(O)C(=O)c1ccc2c(c1)CC[C@]1(CCCNC1=O)C2. The van der Waals surface area contributed by atoms with E-state index in [9.17, 15) is 14.8 Å². The lowest BCUT2D eigenvalue weighted by Gasteiger charge is -2.40. The first-order valence-corrected chi connectivity index (χ1v) is 7.96. The molecule has 5 nitrogen and oxygen atoms in total. The van der Waals surface area contributed by atoms with Gasteiger partial charge in [-0.15, -0.1) is 0 Å². The molecule has 5 heteroatoms. The Morgan fingerprint density at radius 1 is 1.36 bits per heavy atom. The minimum Gasteiger partial charge on any atom is -0.356 e. The summed E-state index contributed by atoms with van der Waals surface area (Å²) in [7, 11) is 0. The zero-order chi connectivity index (χ0) is 15.7. The standard InChI is InChI=1S/C17H22N2O3/c1-2-19(22)15(20)13-4-5-14-11-17(8-6-12(14)10-13)7-3-9-18-16(17)21/h4-5,10,22H,2-3,6-9,11H2,1H3,(H,18,21)/t17-/m1/s1. The molecule has 2 amide bonds. The van der Waals surface area contributed by atoms with E-state index in [1.54, 1.807) is 13.0 Å². The van der Waals surface area contributed by atoms with E-state index in [4.69, 9.17) is 0 Å². The zero-order valence-corrected chi connectivity index (χ0v) is 12.9. The summed E-state index contributed by atoms with van der Waals surface area (Å²) in [5, 5.41) is 13.3. The number of carbonyl (C=O) groups excluding carboxylic acids is 2. The van der Waals surface area contributed by atoms with Gasteiger partial charge >= 0.3 is 0 Å². The van der Waals surface area contributed by atoms with E-state index in [2.05, 4.69) is 5.32 Å². The number of piperidine rings is 1. The number of amides is 2. The lowest BCUT2D eigenvalue weighted by Crippen LogP contribution is -2.48. The van der Waals surface area contributed by atoms with Crippen LogP contribution in [0.15, 0.2) is 18.2 Å². The predicted molar refractivity (Wildman–Crippen MR) is 81.6 cm³/mol. The molecule has 1 aliphatic carbocycles. The van der Waals surface area contributed by atoms with Crippen LogP contribution in [0, 0.1) is 5.41 Å². The number of nitrogens with zero attached hydrogens (tertiary/aromatic N) is 1. The van der Waals surface area contributed by atoms with Gasteiger partial charge in [-0.2, -0.15) is 0 Å². The fraction of sp³-hybridized carbons (Fsp3) is 0.529. The lowest BCUT2D eigenvalue weighted by atomic mass is 9.67. The van der Waals surface area contributed by atoms with Crippen molar-refractivity contribution < 1.29 is 14.8 Å². The second-order valence-corrected chi connectivity index (χ2v) is 6.32. The van der Waals surface area contributed by atoms with Gasteiger partial charge in [-0.1, -0.05) is 6.07 Å². The average Bonchev–Trinajstić information content (AvgIpc) is 2.56. The third-order valence-electron chi connectivity index (χ3n) is 4.99. The second-order valence-electron chi connectivity index (χ2n) is 6.32. The molecule has 1 aromatic rings. The number of hydrogen-bond acceptors (Lipinski definition) is 3. The van der Waals surface area contributed by atoms with Crippen LogP contribution in [0.4, 0.5) is 0 Å². The van der Waals surface area contributed by atoms with Gasteiger partial charge in [0, 0.05) is 18.7 Å². The van der Waals surface area contributed by atoms with Gasteiger partial charge < -0.3 is 5.32 Å². The number of hydroxylamine groups is 2. The molecular formula is C17H22N2O3. The molecule has 1 heterocycles. The Balaban J connectivity index is 1.85. The molecule has 1 saturated heterocycles. The van der Waals surface area contributed by atoms with Crippen LogP contribution in [0.1, 0.15) is 47.7 Å². The molecule has 118 valence electrons. The molecule has 0 saturated carbocycles. The summed E-state index contributed by atoms with van der Waals surface area (Å²) < 4.78 is 0. The van der Waals surface area contributed by atoms with Crippen molar-refractivity contribution in [2.24, 2.45) is 5.41 Å². The van der Waals surface area contributed by atoms with Gasteiger partial charge in [0.1, 0.15) is 0 Å². The molecule has 2 N–H and O–H groups in total. The maximum Gasteiger partial charge on any atom is 0.277 e. The van der Waals surface area contributed by atoms with Crippen molar-refractivity contribution in [3.8, 4) is 0 Å². The maximum absolute atomic E-state index is 12.3. The number of fused-ring (bicyclic) bond motifs is 1. The van der Waals surface area contributed by atoms with Gasteiger partial charge in [0.25, 0.3) is 5.91 Å². The zero-order valence-electron chi connectivity index (χ0n) is 12.9. The van der Waals surface area contributed by atoms with E-state index in [0.29, 0.717) is 5.56 Å². The third kappa shape index (κ3) is 2.50. The minimum absolute atomic E-state index is 0.178. The first-order chi connectivity index (χ1) is 10.6. The number of aryl methyl sites for hydroxylation is 1. The van der Waals surface area contributed by atoms with Gasteiger partial charge in [0.2, 0.25) is 5.91 Å². The van der Waals surface area contributed by atoms with Crippen molar-refractivity contribution in [3.05, 3.63) is 34.9 Å². The molecule has 2 aliphatic rings. The van der Waals surface area contributed by atoms with E-state index < -0.39 is 0 Å². The van der Waals surface area contributed by atoms with Crippen molar-refractivity contribution in [3.63, 3.8) is 0 Å². The molecular weight excluding hydrogens is 280 g/mol. The molecule has 3 rings (SSSR count). The summed E-state index contributed by atoms with van der Waals surface area (Å²) in [6.07, 6.45) is 4.37. The highest BCUT2D eigenvalue weighted by Crippen LogP contribution is 2.41. The van der Waals surface area contributed by atoms with Crippen molar-refractivity contribution >= 4 is 11.8 Å². The van der Waals surface area contributed by atoms with Gasteiger partial charge in [-0.25, -0.2) is 5.06 Å². The Bertz CT molecular complexity index is 614. The van der Waals surface area contributed by atoms with Crippen molar-refractivity contribution in [1.29, 1.82) is 0 Å². The Morgan fingerprint density at radius 2 is 2.18 bits per heavy atom. The molecule has 0 aromatic heterocycles. The second kappa shape index (κ2) is 5.72. The van der Waals surface area contributed by atoms with Crippen LogP contribution in [-0.2, 0) is 17.6 Å². The van der Waals surface area contributed by atoms with Crippen LogP contribution in [0.5, 0.6) is 0 Å². The van der Waals surface area contributed by atoms with Crippen LogP contribution in [-0.4, -0.2) is 35.2 Å². The fourth-order valence-corrected chi connectivity index (χ4v) is 3.62. The van der Waals surface area contributed by atoms with Crippen LogP contribution in [0.2, 0.25) is 0 Å². The molecule has 1 fully saturated rings. The molecule has 0 bridgehead atoms. The highest BCUT2D eigenvalue weighted by atomic mass is 16.5. The molecule has 1 atom stereocenters.